The molecule has 1 heterocycles. The average Bonchev–Trinajstić information content (AvgIpc) is 3.26. The lowest BCUT2D eigenvalue weighted by atomic mass is 9.96. The van der Waals surface area contributed by atoms with Crippen molar-refractivity contribution >= 4 is 41.1 Å². The van der Waals surface area contributed by atoms with Gasteiger partial charge in [0.2, 0.25) is 5.91 Å². The molecule has 1 fully saturated rings. The van der Waals surface area contributed by atoms with Crippen LogP contribution in [0.2, 0.25) is 5.02 Å². The summed E-state index contributed by atoms with van der Waals surface area (Å²) in [7, 11) is 0. The zero-order valence-corrected chi connectivity index (χ0v) is 24.3. The molecule has 0 spiro atoms. The Balaban J connectivity index is 1.55. The number of aliphatic hydroxyl groups is 1. The summed E-state index contributed by atoms with van der Waals surface area (Å²) in [6.07, 6.45) is -1.38. The third-order valence-corrected chi connectivity index (χ3v) is 8.86. The highest BCUT2D eigenvalue weighted by atomic mass is 35.5. The van der Waals surface area contributed by atoms with Crippen LogP contribution in [-0.2, 0) is 22.6 Å². The van der Waals surface area contributed by atoms with Crippen LogP contribution in [0.25, 0.3) is 0 Å². The van der Waals surface area contributed by atoms with Crippen LogP contribution in [0.3, 0.4) is 0 Å². The van der Waals surface area contributed by atoms with Gasteiger partial charge in [0.25, 0.3) is 11.8 Å². The second-order valence-corrected chi connectivity index (χ2v) is 12.4. The number of nitrogens with zero attached hydrogens (tertiary/aromatic N) is 1. The molecular formula is C31H34ClN3O4S. The van der Waals surface area contributed by atoms with Crippen LogP contribution < -0.4 is 10.6 Å². The highest BCUT2D eigenvalue weighted by Crippen LogP contribution is 2.40. The quantitative estimate of drug-likeness (QED) is 0.350. The second-order valence-electron chi connectivity index (χ2n) is 10.4. The Bertz CT molecular complexity index is 1370. The zero-order valence-electron chi connectivity index (χ0n) is 22.8. The number of rotatable bonds is 9. The molecule has 3 atom stereocenters. The maximum atomic E-state index is 13.8. The second kappa shape index (κ2) is 12.9. The molecule has 3 aromatic carbocycles. The molecule has 210 valence electrons. The molecule has 1 aliphatic rings. The molecule has 0 saturated carbocycles. The molecule has 1 saturated heterocycles. The van der Waals surface area contributed by atoms with E-state index in [0.29, 0.717) is 6.54 Å². The van der Waals surface area contributed by atoms with Crippen molar-refractivity contribution in [3.63, 3.8) is 0 Å². The van der Waals surface area contributed by atoms with Crippen LogP contribution in [0.4, 0.5) is 0 Å². The first kappa shape index (κ1) is 29.6. The first-order valence-electron chi connectivity index (χ1n) is 13.1. The fraction of sp³-hybridized carbons (Fsp3) is 0.323. The molecule has 40 heavy (non-hydrogen) atoms. The molecule has 3 N–H and O–H groups in total. The molecule has 0 aromatic heterocycles. The van der Waals surface area contributed by atoms with Gasteiger partial charge in [0, 0.05) is 11.3 Å². The van der Waals surface area contributed by atoms with E-state index in [1.807, 2.05) is 75.4 Å². The van der Waals surface area contributed by atoms with Crippen molar-refractivity contribution in [3.8, 4) is 0 Å². The fourth-order valence-corrected chi connectivity index (χ4v) is 6.21. The average molecular weight is 580 g/mol. The monoisotopic (exact) mass is 579 g/mol. The summed E-state index contributed by atoms with van der Waals surface area (Å²) in [6.45, 7) is 6.14. The predicted octanol–water partition coefficient (Wildman–Crippen LogP) is 4.35. The Morgan fingerprint density at radius 1 is 1.02 bits per heavy atom. The van der Waals surface area contributed by atoms with Gasteiger partial charge in [-0.1, -0.05) is 78.3 Å². The third kappa shape index (κ3) is 6.86. The van der Waals surface area contributed by atoms with Crippen LogP contribution in [-0.4, -0.2) is 56.5 Å². The zero-order chi connectivity index (χ0) is 28.9. The third-order valence-electron chi connectivity index (χ3n) is 7.16. The van der Waals surface area contributed by atoms with E-state index in [4.69, 9.17) is 11.6 Å². The molecular weight excluding hydrogens is 546 g/mol. The number of hydrogen-bond acceptors (Lipinski definition) is 5. The van der Waals surface area contributed by atoms with Crippen LogP contribution in [0.15, 0.2) is 78.9 Å². The standard InChI is InChI=1S/C31H34ClN3O4S/c1-20-11-7-8-14-22(20)18-33-29(38)27-31(2,3)40-19-35(27)30(39)26(36)25(17-21-12-5-4-6-13-21)34-28(37)23-15-9-10-16-24(23)32/h4-16,25-27,36H,17-19H2,1-3H3,(H,33,38)(H,34,37)/t25-,26-,27?/m0/s1. The Labute approximate surface area is 244 Å². The Kier molecular flexibility index (Phi) is 9.56. The van der Waals surface area contributed by atoms with E-state index in [0.717, 1.165) is 16.7 Å². The van der Waals surface area contributed by atoms with Gasteiger partial charge in [-0.2, -0.15) is 0 Å². The molecule has 4 rings (SSSR count). The van der Waals surface area contributed by atoms with Gasteiger partial charge in [-0.25, -0.2) is 0 Å². The maximum absolute atomic E-state index is 13.8. The minimum atomic E-state index is -1.59. The van der Waals surface area contributed by atoms with E-state index in [2.05, 4.69) is 10.6 Å². The van der Waals surface area contributed by atoms with Crippen molar-refractivity contribution in [3.05, 3.63) is 106 Å². The topological polar surface area (TPSA) is 98.7 Å². The van der Waals surface area contributed by atoms with E-state index < -0.39 is 34.7 Å². The highest BCUT2D eigenvalue weighted by molar-refractivity contribution is 8.00. The highest BCUT2D eigenvalue weighted by Gasteiger charge is 2.49. The lowest BCUT2D eigenvalue weighted by molar-refractivity contribution is -0.147. The van der Waals surface area contributed by atoms with E-state index in [1.165, 1.54) is 16.7 Å². The molecule has 1 unspecified atom stereocenters. The molecule has 3 amide bonds. The van der Waals surface area contributed by atoms with Gasteiger partial charge in [0.05, 0.1) is 22.5 Å². The SMILES string of the molecule is Cc1ccccc1CNC(=O)C1N(C(=O)[C@@H](O)[C@H](Cc2ccccc2)NC(=O)c2ccccc2Cl)CSC1(C)C. The van der Waals surface area contributed by atoms with Crippen LogP contribution in [0.5, 0.6) is 0 Å². The molecule has 1 aliphatic heterocycles. The molecule has 3 aromatic rings. The fourth-order valence-electron chi connectivity index (χ4n) is 4.84. The number of amides is 3. The van der Waals surface area contributed by atoms with Gasteiger partial charge >= 0.3 is 0 Å². The van der Waals surface area contributed by atoms with Crippen LogP contribution >= 0.6 is 23.4 Å². The summed E-state index contributed by atoms with van der Waals surface area (Å²) in [5, 5.41) is 17.5. The predicted molar refractivity (Wildman–Crippen MR) is 159 cm³/mol. The Morgan fingerprint density at radius 2 is 1.68 bits per heavy atom. The summed E-state index contributed by atoms with van der Waals surface area (Å²) >= 11 is 7.70. The van der Waals surface area contributed by atoms with Gasteiger partial charge in [-0.15, -0.1) is 11.8 Å². The lowest BCUT2D eigenvalue weighted by Gasteiger charge is -2.33. The van der Waals surface area contributed by atoms with Crippen molar-refractivity contribution in [1.82, 2.24) is 15.5 Å². The number of nitrogens with one attached hydrogen (secondary N) is 2. The van der Waals surface area contributed by atoms with E-state index in [-0.39, 0.29) is 28.8 Å². The maximum Gasteiger partial charge on any atom is 0.254 e. The van der Waals surface area contributed by atoms with Crippen molar-refractivity contribution in [2.75, 3.05) is 5.88 Å². The van der Waals surface area contributed by atoms with E-state index in [9.17, 15) is 19.5 Å². The van der Waals surface area contributed by atoms with Gasteiger partial charge in [0.15, 0.2) is 6.10 Å². The van der Waals surface area contributed by atoms with E-state index >= 15 is 0 Å². The molecule has 0 aliphatic carbocycles. The van der Waals surface area contributed by atoms with Crippen LogP contribution in [0.1, 0.15) is 40.9 Å². The molecule has 0 bridgehead atoms. The Hall–Kier alpha value is -3.33. The number of benzene rings is 3. The summed E-state index contributed by atoms with van der Waals surface area (Å²) in [6, 6.07) is 21.9. The smallest absolute Gasteiger partial charge is 0.254 e. The molecule has 7 nitrogen and oxygen atoms in total. The number of carbonyl (C=O) groups excluding carboxylic acids is 3. The summed E-state index contributed by atoms with van der Waals surface area (Å²) < 4.78 is -0.582. The lowest BCUT2D eigenvalue weighted by Crippen LogP contribution is -2.58. The summed E-state index contributed by atoms with van der Waals surface area (Å²) in [5.41, 5.74) is 3.13. The number of carbonyl (C=O) groups is 3. The van der Waals surface area contributed by atoms with Crippen molar-refractivity contribution in [2.24, 2.45) is 0 Å². The van der Waals surface area contributed by atoms with Gasteiger partial charge in [0.1, 0.15) is 6.04 Å². The van der Waals surface area contributed by atoms with Gasteiger partial charge in [-0.3, -0.25) is 14.4 Å². The number of hydrogen-bond donors (Lipinski definition) is 3. The normalized spacial score (nSPS) is 17.6. The number of aliphatic hydroxyl groups excluding tert-OH is 1. The number of aryl methyl sites for hydroxylation is 1. The number of halogens is 1. The summed E-state index contributed by atoms with van der Waals surface area (Å²) in [5.74, 6) is -1.17. The molecule has 0 radical (unpaired) electrons. The van der Waals surface area contributed by atoms with Crippen molar-refractivity contribution in [2.45, 2.75) is 56.7 Å². The van der Waals surface area contributed by atoms with Gasteiger partial charge in [-0.05, 0) is 56.0 Å². The van der Waals surface area contributed by atoms with Gasteiger partial charge < -0.3 is 20.6 Å². The Morgan fingerprint density at radius 3 is 2.38 bits per heavy atom. The molecule has 9 heteroatoms. The minimum Gasteiger partial charge on any atom is -0.381 e. The minimum absolute atomic E-state index is 0.207. The summed E-state index contributed by atoms with van der Waals surface area (Å²) in [4.78, 5) is 41.8. The van der Waals surface area contributed by atoms with E-state index in [1.54, 1.807) is 24.3 Å². The van der Waals surface area contributed by atoms with Crippen molar-refractivity contribution in [1.29, 1.82) is 0 Å². The number of thioether (sulfide) groups is 1. The largest absolute Gasteiger partial charge is 0.381 e. The first-order valence-corrected chi connectivity index (χ1v) is 14.5. The van der Waals surface area contributed by atoms with Crippen LogP contribution in [0, 0.1) is 6.92 Å². The van der Waals surface area contributed by atoms with Crippen molar-refractivity contribution < 1.29 is 19.5 Å². The first-order chi connectivity index (χ1) is 19.1.